The fourth-order valence-electron chi connectivity index (χ4n) is 4.32. The van der Waals surface area contributed by atoms with Crippen molar-refractivity contribution in [3.8, 4) is 0 Å². The molecule has 1 saturated carbocycles. The second-order valence-corrected chi connectivity index (χ2v) is 9.26. The molecule has 1 spiro atoms. The van der Waals surface area contributed by atoms with E-state index in [1.165, 1.54) is 0 Å². The number of ether oxygens (including phenoxy) is 2. The van der Waals surface area contributed by atoms with Gasteiger partial charge in [0, 0.05) is 5.56 Å². The van der Waals surface area contributed by atoms with Gasteiger partial charge in [0.15, 0.2) is 11.4 Å². The predicted octanol–water partition coefficient (Wildman–Crippen LogP) is 5.51. The zero-order valence-corrected chi connectivity index (χ0v) is 17.6. The number of carbonyl (C=O) groups is 2. The van der Waals surface area contributed by atoms with Gasteiger partial charge in [0.25, 0.3) is 0 Å². The fraction of sp³-hybridized carbons (Fsp3) is 0.500. The Morgan fingerprint density at radius 2 is 1.89 bits per heavy atom. The minimum Gasteiger partial charge on any atom is -0.447 e. The van der Waals surface area contributed by atoms with E-state index in [9.17, 15) is 9.59 Å². The Kier molecular flexibility index (Phi) is 5.26. The summed E-state index contributed by atoms with van der Waals surface area (Å²) < 4.78 is 11.8. The van der Waals surface area contributed by atoms with Crippen molar-refractivity contribution in [1.82, 2.24) is 0 Å². The van der Waals surface area contributed by atoms with Gasteiger partial charge in [-0.15, -0.1) is 0 Å². The monoisotopic (exact) mass is 382 g/mol. The smallest absolute Gasteiger partial charge is 0.343 e. The van der Waals surface area contributed by atoms with E-state index in [0.29, 0.717) is 24.2 Å². The van der Waals surface area contributed by atoms with Crippen molar-refractivity contribution in [2.24, 2.45) is 5.41 Å². The SMILES string of the molecule is C=Cc1cc(C)cc(C)c1C1=C(OC(=O)CC(C)(C)C)C2(CCCC2)OC1=O. The van der Waals surface area contributed by atoms with Gasteiger partial charge in [-0.2, -0.15) is 0 Å². The molecule has 3 rings (SSSR count). The van der Waals surface area contributed by atoms with E-state index in [1.807, 2.05) is 46.8 Å². The van der Waals surface area contributed by atoms with Crippen LogP contribution in [0.3, 0.4) is 0 Å². The molecule has 0 saturated heterocycles. The number of carbonyl (C=O) groups excluding carboxylic acids is 2. The Bertz CT molecular complexity index is 861. The highest BCUT2D eigenvalue weighted by atomic mass is 16.6. The molecule has 1 aromatic carbocycles. The first-order valence-corrected chi connectivity index (χ1v) is 9.99. The summed E-state index contributed by atoms with van der Waals surface area (Å²) >= 11 is 0. The Morgan fingerprint density at radius 1 is 1.25 bits per heavy atom. The molecule has 0 unspecified atom stereocenters. The zero-order valence-electron chi connectivity index (χ0n) is 17.6. The first-order valence-electron chi connectivity index (χ1n) is 9.99. The highest BCUT2D eigenvalue weighted by Gasteiger charge is 2.52. The first-order chi connectivity index (χ1) is 13.1. The third-order valence-electron chi connectivity index (χ3n) is 5.42. The summed E-state index contributed by atoms with van der Waals surface area (Å²) in [6.07, 6.45) is 5.28. The highest BCUT2D eigenvalue weighted by molar-refractivity contribution is 6.21. The number of rotatable bonds is 4. The van der Waals surface area contributed by atoms with E-state index >= 15 is 0 Å². The van der Waals surface area contributed by atoms with E-state index in [-0.39, 0.29) is 17.8 Å². The van der Waals surface area contributed by atoms with Crippen LogP contribution >= 0.6 is 0 Å². The van der Waals surface area contributed by atoms with Crippen LogP contribution in [0.2, 0.25) is 0 Å². The summed E-state index contributed by atoms with van der Waals surface area (Å²) in [6.45, 7) is 13.9. The van der Waals surface area contributed by atoms with Crippen molar-refractivity contribution >= 4 is 23.6 Å². The van der Waals surface area contributed by atoms with Gasteiger partial charge in [0.2, 0.25) is 0 Å². The highest BCUT2D eigenvalue weighted by Crippen LogP contribution is 2.49. The zero-order chi connectivity index (χ0) is 20.7. The van der Waals surface area contributed by atoms with Crippen molar-refractivity contribution in [2.75, 3.05) is 0 Å². The molecule has 1 aliphatic heterocycles. The van der Waals surface area contributed by atoms with E-state index in [4.69, 9.17) is 9.47 Å². The minimum absolute atomic E-state index is 0.198. The maximum atomic E-state index is 13.0. The van der Waals surface area contributed by atoms with Crippen LogP contribution in [0.1, 0.15) is 75.1 Å². The van der Waals surface area contributed by atoms with Crippen LogP contribution in [0.4, 0.5) is 0 Å². The van der Waals surface area contributed by atoms with E-state index in [1.54, 1.807) is 6.08 Å². The second-order valence-electron chi connectivity index (χ2n) is 9.26. The summed E-state index contributed by atoms with van der Waals surface area (Å²) in [6, 6.07) is 4.01. The average Bonchev–Trinajstić information content (AvgIpc) is 3.12. The normalized spacial score (nSPS) is 18.5. The van der Waals surface area contributed by atoms with Crippen LogP contribution in [-0.2, 0) is 19.1 Å². The van der Waals surface area contributed by atoms with Crippen LogP contribution in [-0.4, -0.2) is 17.5 Å². The van der Waals surface area contributed by atoms with Crippen molar-refractivity contribution < 1.29 is 19.1 Å². The number of hydrogen-bond donors (Lipinski definition) is 0. The minimum atomic E-state index is -0.810. The topological polar surface area (TPSA) is 52.6 Å². The molecule has 0 amide bonds. The molecule has 1 aromatic rings. The van der Waals surface area contributed by atoms with E-state index in [0.717, 1.165) is 35.1 Å². The van der Waals surface area contributed by atoms with Gasteiger partial charge in [0.05, 0.1) is 6.42 Å². The van der Waals surface area contributed by atoms with Crippen molar-refractivity contribution in [2.45, 2.75) is 72.3 Å². The lowest BCUT2D eigenvalue weighted by Crippen LogP contribution is -2.31. The summed E-state index contributed by atoms with van der Waals surface area (Å²) in [5.41, 5.74) is 3.02. The number of benzene rings is 1. The van der Waals surface area contributed by atoms with Gasteiger partial charge >= 0.3 is 11.9 Å². The molecule has 150 valence electrons. The molecule has 2 aliphatic rings. The Labute approximate surface area is 167 Å². The van der Waals surface area contributed by atoms with Crippen molar-refractivity contribution in [3.05, 3.63) is 46.7 Å². The molecular formula is C24H30O4. The standard InChI is InChI=1S/C24H30O4/c1-7-17-13-15(2)12-16(3)19(17)20-21(27-18(25)14-23(4,5)6)24(28-22(20)26)10-8-9-11-24/h7,12-13H,1,8-11,14H2,2-6H3. The summed E-state index contributed by atoms with van der Waals surface area (Å²) in [5, 5.41) is 0. The van der Waals surface area contributed by atoms with Gasteiger partial charge in [0.1, 0.15) is 5.57 Å². The van der Waals surface area contributed by atoms with Crippen LogP contribution in [0.15, 0.2) is 24.5 Å². The average molecular weight is 383 g/mol. The lowest BCUT2D eigenvalue weighted by atomic mass is 9.89. The maximum absolute atomic E-state index is 13.0. The molecule has 1 aliphatic carbocycles. The number of hydrogen-bond acceptors (Lipinski definition) is 4. The third-order valence-corrected chi connectivity index (χ3v) is 5.42. The van der Waals surface area contributed by atoms with Crippen molar-refractivity contribution in [1.29, 1.82) is 0 Å². The fourth-order valence-corrected chi connectivity index (χ4v) is 4.32. The molecule has 0 bridgehead atoms. The maximum Gasteiger partial charge on any atom is 0.343 e. The lowest BCUT2D eigenvalue weighted by molar-refractivity contribution is -0.153. The van der Waals surface area contributed by atoms with Gasteiger partial charge in [-0.25, -0.2) is 4.79 Å². The van der Waals surface area contributed by atoms with Gasteiger partial charge in [-0.1, -0.05) is 51.1 Å². The molecule has 0 radical (unpaired) electrons. The summed E-state index contributed by atoms with van der Waals surface area (Å²) in [4.78, 5) is 25.7. The largest absolute Gasteiger partial charge is 0.447 e. The van der Waals surface area contributed by atoms with Crippen LogP contribution in [0.5, 0.6) is 0 Å². The Balaban J connectivity index is 2.17. The molecule has 1 fully saturated rings. The van der Waals surface area contributed by atoms with Crippen LogP contribution < -0.4 is 0 Å². The Hall–Kier alpha value is -2.36. The molecule has 0 aromatic heterocycles. The van der Waals surface area contributed by atoms with Crippen molar-refractivity contribution in [3.63, 3.8) is 0 Å². The van der Waals surface area contributed by atoms with E-state index < -0.39 is 11.6 Å². The van der Waals surface area contributed by atoms with E-state index in [2.05, 4.69) is 6.58 Å². The number of aryl methyl sites for hydroxylation is 2. The van der Waals surface area contributed by atoms with Gasteiger partial charge in [-0.05, 0) is 56.1 Å². The molecular weight excluding hydrogens is 352 g/mol. The molecule has 4 heteroatoms. The van der Waals surface area contributed by atoms with Crippen LogP contribution in [0, 0.1) is 19.3 Å². The quantitative estimate of drug-likeness (QED) is 0.645. The summed E-state index contributed by atoms with van der Waals surface area (Å²) in [7, 11) is 0. The third kappa shape index (κ3) is 3.78. The first kappa shape index (κ1) is 20.4. The van der Waals surface area contributed by atoms with Crippen LogP contribution in [0.25, 0.3) is 11.6 Å². The molecule has 1 heterocycles. The lowest BCUT2D eigenvalue weighted by Gasteiger charge is -2.26. The molecule has 28 heavy (non-hydrogen) atoms. The molecule has 4 nitrogen and oxygen atoms in total. The number of esters is 2. The van der Waals surface area contributed by atoms with Gasteiger partial charge in [-0.3, -0.25) is 4.79 Å². The summed E-state index contributed by atoms with van der Waals surface area (Å²) in [5.74, 6) is -0.329. The Morgan fingerprint density at radius 3 is 2.46 bits per heavy atom. The second kappa shape index (κ2) is 7.23. The van der Waals surface area contributed by atoms with Gasteiger partial charge < -0.3 is 9.47 Å². The molecule has 0 atom stereocenters. The molecule has 0 N–H and O–H groups in total. The predicted molar refractivity (Wildman–Crippen MR) is 110 cm³/mol.